The van der Waals surface area contributed by atoms with Crippen molar-refractivity contribution in [2.75, 3.05) is 28.4 Å². The SMILES string of the molecule is COc1cc(C(=O)c2c(-c3cn[nH]c3)oc3c(O)c(OC)ccc23)cc(OC)c1OC. The van der Waals surface area contributed by atoms with Crippen molar-refractivity contribution in [3.8, 4) is 40.1 Å². The van der Waals surface area contributed by atoms with Gasteiger partial charge in [-0.15, -0.1) is 0 Å². The number of rotatable bonds is 7. The van der Waals surface area contributed by atoms with E-state index in [1.54, 1.807) is 30.5 Å². The molecule has 4 aromatic rings. The van der Waals surface area contributed by atoms with Crippen molar-refractivity contribution < 1.29 is 33.3 Å². The summed E-state index contributed by atoms with van der Waals surface area (Å²) in [5.74, 6) is 0.973. The Bertz CT molecular complexity index is 1230. The number of phenolic OH excluding ortho intramolecular Hbond substituents is 1. The fraction of sp³-hybridized carbons (Fsp3) is 0.182. The minimum Gasteiger partial charge on any atom is -0.502 e. The molecule has 2 heterocycles. The first-order valence-corrected chi connectivity index (χ1v) is 9.20. The van der Waals surface area contributed by atoms with E-state index in [4.69, 9.17) is 23.4 Å². The number of H-pyrrole nitrogens is 1. The molecule has 2 aromatic carbocycles. The Kier molecular flexibility index (Phi) is 5.16. The van der Waals surface area contributed by atoms with Crippen LogP contribution >= 0.6 is 0 Å². The number of carbonyl (C=O) groups is 1. The number of aromatic hydroxyl groups is 1. The molecule has 0 aliphatic rings. The number of nitrogens with zero attached hydrogens (tertiary/aromatic N) is 1. The molecule has 0 spiro atoms. The molecule has 9 heteroatoms. The van der Waals surface area contributed by atoms with Crippen LogP contribution in [0.25, 0.3) is 22.3 Å². The van der Waals surface area contributed by atoms with Crippen molar-refractivity contribution in [3.63, 3.8) is 0 Å². The molecule has 0 aliphatic heterocycles. The smallest absolute Gasteiger partial charge is 0.203 e. The van der Waals surface area contributed by atoms with Gasteiger partial charge in [-0.25, -0.2) is 0 Å². The maximum Gasteiger partial charge on any atom is 0.203 e. The predicted molar refractivity (Wildman–Crippen MR) is 112 cm³/mol. The van der Waals surface area contributed by atoms with Crippen molar-refractivity contribution >= 4 is 16.8 Å². The van der Waals surface area contributed by atoms with E-state index in [-0.39, 0.29) is 39.8 Å². The van der Waals surface area contributed by atoms with Crippen LogP contribution in [0.2, 0.25) is 0 Å². The van der Waals surface area contributed by atoms with Crippen LogP contribution in [-0.4, -0.2) is 49.5 Å². The standard InChI is InChI=1S/C22H20N2O7/c1-27-14-6-5-13-17(20(12-9-23-24-10-12)31-21(13)19(14)26)18(25)11-7-15(28-2)22(30-4)16(8-11)29-3/h5-10,26H,1-4H3,(H,23,24). The van der Waals surface area contributed by atoms with Crippen molar-refractivity contribution in [2.45, 2.75) is 0 Å². The van der Waals surface area contributed by atoms with Crippen LogP contribution in [0.3, 0.4) is 0 Å². The van der Waals surface area contributed by atoms with Gasteiger partial charge in [0.05, 0.1) is 45.8 Å². The minimum atomic E-state index is -0.362. The first-order chi connectivity index (χ1) is 15.0. The average molecular weight is 424 g/mol. The van der Waals surface area contributed by atoms with Gasteiger partial charge >= 0.3 is 0 Å². The van der Waals surface area contributed by atoms with Gasteiger partial charge in [0.1, 0.15) is 5.76 Å². The largest absolute Gasteiger partial charge is 0.502 e. The highest BCUT2D eigenvalue weighted by Crippen LogP contribution is 2.44. The molecule has 160 valence electrons. The van der Waals surface area contributed by atoms with E-state index >= 15 is 0 Å². The third kappa shape index (κ3) is 3.20. The molecule has 0 fully saturated rings. The number of phenols is 1. The molecule has 0 radical (unpaired) electrons. The Hall–Kier alpha value is -4.14. The topological polar surface area (TPSA) is 116 Å². The molecule has 4 rings (SSSR count). The first-order valence-electron chi connectivity index (χ1n) is 9.20. The molecule has 31 heavy (non-hydrogen) atoms. The fourth-order valence-corrected chi connectivity index (χ4v) is 3.45. The summed E-state index contributed by atoms with van der Waals surface area (Å²) in [6, 6.07) is 6.35. The number of furan rings is 1. The summed E-state index contributed by atoms with van der Waals surface area (Å²) < 4.78 is 27.2. The van der Waals surface area contributed by atoms with Crippen LogP contribution in [0, 0.1) is 0 Å². The Morgan fingerprint density at radius 1 is 1.00 bits per heavy atom. The van der Waals surface area contributed by atoms with Crippen LogP contribution in [0.1, 0.15) is 15.9 Å². The second-order valence-electron chi connectivity index (χ2n) is 6.53. The van der Waals surface area contributed by atoms with Gasteiger partial charge in [-0.05, 0) is 24.3 Å². The molecule has 2 aromatic heterocycles. The normalized spacial score (nSPS) is 10.8. The van der Waals surface area contributed by atoms with E-state index in [0.29, 0.717) is 28.2 Å². The number of fused-ring (bicyclic) bond motifs is 1. The van der Waals surface area contributed by atoms with Gasteiger partial charge in [0.2, 0.25) is 11.5 Å². The van der Waals surface area contributed by atoms with Gasteiger partial charge in [0, 0.05) is 17.1 Å². The number of nitrogens with one attached hydrogen (secondary N) is 1. The number of ether oxygens (including phenoxy) is 4. The van der Waals surface area contributed by atoms with E-state index in [1.165, 1.54) is 34.6 Å². The summed E-state index contributed by atoms with van der Waals surface area (Å²) in [7, 11) is 5.86. The van der Waals surface area contributed by atoms with E-state index < -0.39 is 0 Å². The highest BCUT2D eigenvalue weighted by Gasteiger charge is 2.28. The molecule has 9 nitrogen and oxygen atoms in total. The predicted octanol–water partition coefficient (Wildman–Crippen LogP) is 3.79. The molecule has 0 aliphatic carbocycles. The zero-order chi connectivity index (χ0) is 22.1. The Labute approximate surface area is 177 Å². The summed E-state index contributed by atoms with van der Waals surface area (Å²) in [6.07, 6.45) is 3.12. The van der Waals surface area contributed by atoms with Gasteiger partial charge in [-0.3, -0.25) is 9.89 Å². The molecule has 0 bridgehead atoms. The van der Waals surface area contributed by atoms with E-state index in [0.717, 1.165) is 0 Å². The second kappa shape index (κ2) is 7.94. The molecule has 0 unspecified atom stereocenters. The van der Waals surface area contributed by atoms with Gasteiger partial charge in [0.15, 0.2) is 28.6 Å². The number of aromatic nitrogens is 2. The summed E-state index contributed by atoms with van der Waals surface area (Å²) >= 11 is 0. The van der Waals surface area contributed by atoms with Crippen molar-refractivity contribution in [3.05, 3.63) is 47.8 Å². The maximum absolute atomic E-state index is 13.7. The molecule has 2 N–H and O–H groups in total. The quantitative estimate of drug-likeness (QED) is 0.431. The lowest BCUT2D eigenvalue weighted by atomic mass is 9.97. The monoisotopic (exact) mass is 424 g/mol. The summed E-state index contributed by atoms with van der Waals surface area (Å²) in [4.78, 5) is 13.7. The lowest BCUT2D eigenvalue weighted by Crippen LogP contribution is -2.05. The number of methoxy groups -OCH3 is 4. The fourth-order valence-electron chi connectivity index (χ4n) is 3.45. The third-order valence-corrected chi connectivity index (χ3v) is 4.93. The van der Waals surface area contributed by atoms with Crippen molar-refractivity contribution in [2.24, 2.45) is 0 Å². The van der Waals surface area contributed by atoms with Crippen LogP contribution in [0.5, 0.6) is 28.7 Å². The number of ketones is 1. The van der Waals surface area contributed by atoms with Gasteiger partial charge in [-0.1, -0.05) is 0 Å². The van der Waals surface area contributed by atoms with Gasteiger partial charge in [0.25, 0.3) is 0 Å². The first kappa shape index (κ1) is 20.1. The highest BCUT2D eigenvalue weighted by atomic mass is 16.5. The van der Waals surface area contributed by atoms with Crippen molar-refractivity contribution in [1.29, 1.82) is 0 Å². The van der Waals surface area contributed by atoms with Crippen LogP contribution in [-0.2, 0) is 0 Å². The zero-order valence-corrected chi connectivity index (χ0v) is 17.3. The van der Waals surface area contributed by atoms with Crippen LogP contribution in [0.4, 0.5) is 0 Å². The molecule has 0 atom stereocenters. The number of hydrogen-bond donors (Lipinski definition) is 2. The highest BCUT2D eigenvalue weighted by molar-refractivity contribution is 6.20. The van der Waals surface area contributed by atoms with Gasteiger partial charge < -0.3 is 28.5 Å². The lowest BCUT2D eigenvalue weighted by molar-refractivity contribution is 0.103. The molecule has 0 saturated heterocycles. The molecule has 0 amide bonds. The minimum absolute atomic E-state index is 0.131. The molecular formula is C22H20N2O7. The molecule has 0 saturated carbocycles. The zero-order valence-electron chi connectivity index (χ0n) is 17.3. The summed E-state index contributed by atoms with van der Waals surface area (Å²) in [5, 5.41) is 17.6. The summed E-state index contributed by atoms with van der Waals surface area (Å²) in [6.45, 7) is 0. The van der Waals surface area contributed by atoms with E-state index in [2.05, 4.69) is 10.2 Å². The second-order valence-corrected chi connectivity index (χ2v) is 6.53. The third-order valence-electron chi connectivity index (χ3n) is 4.93. The Balaban J connectivity index is 1.98. The Morgan fingerprint density at radius 2 is 1.68 bits per heavy atom. The number of benzene rings is 2. The summed E-state index contributed by atoms with van der Waals surface area (Å²) in [5.41, 5.74) is 1.22. The van der Waals surface area contributed by atoms with Gasteiger partial charge in [-0.2, -0.15) is 5.10 Å². The maximum atomic E-state index is 13.7. The van der Waals surface area contributed by atoms with Crippen LogP contribution in [0.15, 0.2) is 41.1 Å². The number of carbonyl (C=O) groups excluding carboxylic acids is 1. The Morgan fingerprint density at radius 3 is 2.23 bits per heavy atom. The lowest BCUT2D eigenvalue weighted by Gasteiger charge is -2.13. The van der Waals surface area contributed by atoms with E-state index in [9.17, 15) is 9.90 Å². The molecular weight excluding hydrogens is 404 g/mol. The average Bonchev–Trinajstić information content (AvgIpc) is 3.46. The number of hydrogen-bond acceptors (Lipinski definition) is 8. The van der Waals surface area contributed by atoms with E-state index in [1.807, 2.05) is 0 Å². The van der Waals surface area contributed by atoms with Crippen molar-refractivity contribution in [1.82, 2.24) is 10.2 Å². The number of aromatic amines is 1. The van der Waals surface area contributed by atoms with Crippen LogP contribution < -0.4 is 18.9 Å².